The quantitative estimate of drug-likeness (QED) is 0.564. The molecule has 1 heterocycles. The highest BCUT2D eigenvalue weighted by Crippen LogP contribution is 2.28. The molecule has 0 bridgehead atoms. The van der Waals surface area contributed by atoms with Crippen molar-refractivity contribution in [3.63, 3.8) is 0 Å². The first-order chi connectivity index (χ1) is 8.69. The van der Waals surface area contributed by atoms with Crippen LogP contribution < -0.4 is 10.5 Å². The van der Waals surface area contributed by atoms with Gasteiger partial charge in [-0.1, -0.05) is 6.07 Å². The third-order valence-corrected chi connectivity index (χ3v) is 3.09. The molecule has 1 aromatic heterocycles. The Morgan fingerprint density at radius 2 is 2.33 bits per heavy atom. The van der Waals surface area contributed by atoms with E-state index >= 15 is 0 Å². The Morgan fingerprint density at radius 3 is 2.94 bits per heavy atom. The highest BCUT2D eigenvalue weighted by Gasteiger charge is 2.28. The number of nitrogens with one attached hydrogen (secondary N) is 1. The minimum atomic E-state index is 0.249. The molecule has 0 spiro atoms. The van der Waals surface area contributed by atoms with Crippen LogP contribution in [0.5, 0.6) is 5.88 Å². The first kappa shape index (κ1) is 12.8. The smallest absolute Gasteiger partial charge is 0.213 e. The lowest BCUT2D eigenvalue weighted by Crippen LogP contribution is -2.29. The summed E-state index contributed by atoms with van der Waals surface area (Å²) in [5.41, 5.74) is 6.43. The lowest BCUT2D eigenvalue weighted by atomic mass is 10.3. The zero-order valence-electron chi connectivity index (χ0n) is 10.7. The van der Waals surface area contributed by atoms with Crippen LogP contribution in [0.2, 0.25) is 0 Å². The van der Waals surface area contributed by atoms with Crippen molar-refractivity contribution in [1.29, 1.82) is 5.41 Å². The van der Waals surface area contributed by atoms with E-state index in [-0.39, 0.29) is 5.84 Å². The van der Waals surface area contributed by atoms with Gasteiger partial charge in [-0.2, -0.15) is 0 Å². The van der Waals surface area contributed by atoms with E-state index < -0.39 is 0 Å². The number of nitrogens with two attached hydrogens (primary N) is 1. The molecule has 0 atom stereocenters. The van der Waals surface area contributed by atoms with Crippen LogP contribution in [0.3, 0.4) is 0 Å². The number of hydrogen-bond acceptors (Lipinski definition) is 4. The lowest BCUT2D eigenvalue weighted by molar-refractivity contribution is 0.257. The average Bonchev–Trinajstić information content (AvgIpc) is 3.18. The van der Waals surface area contributed by atoms with Gasteiger partial charge in [-0.25, -0.2) is 4.98 Å². The summed E-state index contributed by atoms with van der Waals surface area (Å²) in [6.45, 7) is 1.63. The van der Waals surface area contributed by atoms with Crippen LogP contribution in [-0.4, -0.2) is 35.4 Å². The number of ether oxygens (including phenoxy) is 1. The lowest BCUT2D eigenvalue weighted by Gasteiger charge is -2.21. The van der Waals surface area contributed by atoms with Crippen molar-refractivity contribution >= 4 is 5.84 Å². The summed E-state index contributed by atoms with van der Waals surface area (Å²) in [7, 11) is 1.63. The molecular weight excluding hydrogens is 228 g/mol. The molecule has 1 saturated carbocycles. The maximum Gasteiger partial charge on any atom is 0.213 e. The van der Waals surface area contributed by atoms with Crippen LogP contribution in [0, 0.1) is 5.41 Å². The number of amidine groups is 1. The molecule has 1 aromatic rings. The van der Waals surface area contributed by atoms with Gasteiger partial charge in [0.05, 0.1) is 18.6 Å². The Balaban J connectivity index is 1.96. The Morgan fingerprint density at radius 1 is 1.56 bits per heavy atom. The number of nitrogens with zero attached hydrogens (tertiary/aromatic N) is 2. The monoisotopic (exact) mass is 248 g/mol. The zero-order chi connectivity index (χ0) is 13.0. The molecule has 0 radical (unpaired) electrons. The maximum absolute atomic E-state index is 7.31. The van der Waals surface area contributed by atoms with Gasteiger partial charge in [-0.05, 0) is 18.9 Å². The van der Waals surface area contributed by atoms with Crippen molar-refractivity contribution in [3.05, 3.63) is 23.9 Å². The standard InChI is InChI=1S/C13H20N4O/c1-18-13-4-2-3-10(16-13)9-17(11-5-6-11)8-7-12(14)15/h2-4,11H,5-9H2,1H3,(H3,14,15). The number of pyridine rings is 1. The van der Waals surface area contributed by atoms with Gasteiger partial charge < -0.3 is 10.5 Å². The summed E-state index contributed by atoms with van der Waals surface area (Å²) in [6, 6.07) is 6.45. The van der Waals surface area contributed by atoms with Crippen LogP contribution in [0.15, 0.2) is 18.2 Å². The molecule has 0 aliphatic heterocycles. The van der Waals surface area contributed by atoms with Crippen LogP contribution in [0.1, 0.15) is 25.0 Å². The molecule has 0 saturated heterocycles. The second-order valence-electron chi connectivity index (χ2n) is 4.65. The zero-order valence-corrected chi connectivity index (χ0v) is 10.7. The second kappa shape index (κ2) is 5.82. The normalized spacial score (nSPS) is 14.8. The summed E-state index contributed by atoms with van der Waals surface area (Å²) in [5.74, 6) is 0.897. The van der Waals surface area contributed by atoms with Crippen molar-refractivity contribution in [2.24, 2.45) is 5.73 Å². The summed E-state index contributed by atoms with van der Waals surface area (Å²) < 4.78 is 5.13. The molecular formula is C13H20N4O. The molecule has 5 nitrogen and oxygen atoms in total. The van der Waals surface area contributed by atoms with Gasteiger partial charge in [-0.15, -0.1) is 0 Å². The van der Waals surface area contributed by atoms with E-state index in [1.807, 2.05) is 18.2 Å². The molecule has 0 unspecified atom stereocenters. The Kier molecular flexibility index (Phi) is 4.15. The van der Waals surface area contributed by atoms with E-state index in [0.717, 1.165) is 18.8 Å². The highest BCUT2D eigenvalue weighted by molar-refractivity contribution is 5.76. The van der Waals surface area contributed by atoms with Crippen molar-refractivity contribution in [3.8, 4) is 5.88 Å². The van der Waals surface area contributed by atoms with E-state index in [0.29, 0.717) is 18.3 Å². The summed E-state index contributed by atoms with van der Waals surface area (Å²) in [6.07, 6.45) is 3.10. The number of rotatable bonds is 7. The van der Waals surface area contributed by atoms with Crippen molar-refractivity contribution in [2.75, 3.05) is 13.7 Å². The van der Waals surface area contributed by atoms with Gasteiger partial charge in [-0.3, -0.25) is 10.3 Å². The van der Waals surface area contributed by atoms with Gasteiger partial charge in [0.1, 0.15) is 0 Å². The van der Waals surface area contributed by atoms with E-state index in [1.165, 1.54) is 12.8 Å². The first-order valence-corrected chi connectivity index (χ1v) is 6.26. The van der Waals surface area contributed by atoms with Gasteiger partial charge in [0.25, 0.3) is 0 Å². The molecule has 3 N–H and O–H groups in total. The minimum Gasteiger partial charge on any atom is -0.481 e. The number of aromatic nitrogens is 1. The molecule has 1 aliphatic carbocycles. The summed E-state index contributed by atoms with van der Waals surface area (Å²) in [5, 5.41) is 7.31. The van der Waals surface area contributed by atoms with Crippen LogP contribution in [-0.2, 0) is 6.54 Å². The molecule has 98 valence electrons. The molecule has 0 aromatic carbocycles. The fourth-order valence-corrected chi connectivity index (χ4v) is 1.96. The minimum absolute atomic E-state index is 0.249. The first-order valence-electron chi connectivity index (χ1n) is 6.26. The second-order valence-corrected chi connectivity index (χ2v) is 4.65. The Labute approximate surface area is 107 Å². The molecule has 1 aliphatic rings. The SMILES string of the molecule is COc1cccc(CN(CCC(=N)N)C2CC2)n1. The van der Waals surface area contributed by atoms with Crippen molar-refractivity contribution in [1.82, 2.24) is 9.88 Å². The molecule has 1 fully saturated rings. The maximum atomic E-state index is 7.31. The van der Waals surface area contributed by atoms with Crippen LogP contribution in [0.25, 0.3) is 0 Å². The fraction of sp³-hybridized carbons (Fsp3) is 0.538. The summed E-state index contributed by atoms with van der Waals surface area (Å²) in [4.78, 5) is 6.77. The Bertz CT molecular complexity index is 417. The number of methoxy groups -OCH3 is 1. The van der Waals surface area contributed by atoms with Gasteiger partial charge >= 0.3 is 0 Å². The van der Waals surface area contributed by atoms with Gasteiger partial charge in [0.15, 0.2) is 0 Å². The fourth-order valence-electron chi connectivity index (χ4n) is 1.96. The third kappa shape index (κ3) is 3.70. The van der Waals surface area contributed by atoms with E-state index in [2.05, 4.69) is 9.88 Å². The van der Waals surface area contributed by atoms with E-state index in [9.17, 15) is 0 Å². The van der Waals surface area contributed by atoms with E-state index in [4.69, 9.17) is 15.9 Å². The summed E-state index contributed by atoms with van der Waals surface area (Å²) >= 11 is 0. The van der Waals surface area contributed by atoms with Crippen molar-refractivity contribution < 1.29 is 4.74 Å². The Hall–Kier alpha value is -1.62. The molecule has 5 heteroatoms. The van der Waals surface area contributed by atoms with Crippen LogP contribution >= 0.6 is 0 Å². The van der Waals surface area contributed by atoms with Crippen molar-refractivity contribution in [2.45, 2.75) is 31.8 Å². The average molecular weight is 248 g/mol. The molecule has 2 rings (SSSR count). The molecule has 18 heavy (non-hydrogen) atoms. The predicted octanol–water partition coefficient (Wildman–Crippen LogP) is 1.38. The highest BCUT2D eigenvalue weighted by atomic mass is 16.5. The van der Waals surface area contributed by atoms with E-state index in [1.54, 1.807) is 7.11 Å². The number of hydrogen-bond donors (Lipinski definition) is 2. The third-order valence-electron chi connectivity index (χ3n) is 3.09. The predicted molar refractivity (Wildman–Crippen MR) is 70.8 cm³/mol. The largest absolute Gasteiger partial charge is 0.481 e. The van der Waals surface area contributed by atoms with Gasteiger partial charge in [0, 0.05) is 31.6 Å². The van der Waals surface area contributed by atoms with Crippen LogP contribution in [0.4, 0.5) is 0 Å². The molecule has 0 amide bonds. The topological polar surface area (TPSA) is 75.2 Å². The van der Waals surface area contributed by atoms with Gasteiger partial charge in [0.2, 0.25) is 5.88 Å².